The van der Waals surface area contributed by atoms with Crippen LogP contribution in [0, 0.1) is 0 Å². The highest BCUT2D eigenvalue weighted by molar-refractivity contribution is 5.85. The molecule has 0 saturated heterocycles. The van der Waals surface area contributed by atoms with Crippen molar-refractivity contribution < 1.29 is 14.2 Å². The second-order valence-corrected chi connectivity index (χ2v) is 6.83. The molecule has 29 heavy (non-hydrogen) atoms. The first kappa shape index (κ1) is 19.0. The molecular formula is C26H24O3. The molecule has 4 aromatic carbocycles. The van der Waals surface area contributed by atoms with Crippen LogP contribution in [0.2, 0.25) is 0 Å². The lowest BCUT2D eigenvalue weighted by atomic mass is 10.1. The van der Waals surface area contributed by atoms with E-state index in [0.717, 1.165) is 27.8 Å². The summed E-state index contributed by atoms with van der Waals surface area (Å²) in [6, 6.07) is 32.5. The number of hydrogen-bond donors (Lipinski definition) is 0. The van der Waals surface area contributed by atoms with Crippen LogP contribution in [-0.4, -0.2) is 13.2 Å². The average molecular weight is 384 g/mol. The van der Waals surface area contributed by atoms with Crippen LogP contribution in [-0.2, 0) is 18.0 Å². The van der Waals surface area contributed by atoms with E-state index < -0.39 is 0 Å². The fraction of sp³-hybridized carbons (Fsp3) is 0.154. The van der Waals surface area contributed by atoms with Gasteiger partial charge in [0.05, 0.1) is 13.2 Å². The first-order valence-corrected chi connectivity index (χ1v) is 9.82. The molecule has 0 aliphatic heterocycles. The maximum atomic E-state index is 5.91. The third kappa shape index (κ3) is 5.59. The van der Waals surface area contributed by atoms with Crippen molar-refractivity contribution in [1.82, 2.24) is 0 Å². The van der Waals surface area contributed by atoms with E-state index in [1.807, 2.05) is 54.6 Å². The Hall–Kier alpha value is -3.30. The van der Waals surface area contributed by atoms with Crippen molar-refractivity contribution in [3.63, 3.8) is 0 Å². The van der Waals surface area contributed by atoms with Gasteiger partial charge < -0.3 is 14.2 Å². The molecule has 0 aromatic heterocycles. The van der Waals surface area contributed by atoms with Gasteiger partial charge in [-0.05, 0) is 46.2 Å². The molecule has 0 spiro atoms. The molecule has 0 bridgehead atoms. The van der Waals surface area contributed by atoms with E-state index in [2.05, 4.69) is 42.5 Å². The predicted octanol–water partition coefficient (Wildman–Crippen LogP) is 6.01. The standard InChI is InChI=1S/C26H24O3/c1-3-7-21(8-4-1)19-27-15-16-28-25-13-11-24-18-26(14-12-23(24)17-25)29-20-22-9-5-2-6-10-22/h1-14,17-18H,15-16,19-20H2. The Morgan fingerprint density at radius 1 is 0.483 bits per heavy atom. The topological polar surface area (TPSA) is 27.7 Å². The monoisotopic (exact) mass is 384 g/mol. The van der Waals surface area contributed by atoms with Crippen LogP contribution in [0.25, 0.3) is 10.8 Å². The highest BCUT2D eigenvalue weighted by atomic mass is 16.5. The Kier molecular flexibility index (Phi) is 6.41. The molecule has 4 rings (SSSR count). The molecule has 146 valence electrons. The van der Waals surface area contributed by atoms with Gasteiger partial charge in [-0.3, -0.25) is 0 Å². The smallest absolute Gasteiger partial charge is 0.120 e. The third-order valence-electron chi connectivity index (χ3n) is 4.64. The summed E-state index contributed by atoms with van der Waals surface area (Å²) in [6.45, 7) is 2.25. The molecule has 0 heterocycles. The maximum absolute atomic E-state index is 5.91. The van der Waals surface area contributed by atoms with Crippen molar-refractivity contribution in [3.8, 4) is 11.5 Å². The highest BCUT2D eigenvalue weighted by Crippen LogP contribution is 2.25. The largest absolute Gasteiger partial charge is 0.491 e. The number of hydrogen-bond acceptors (Lipinski definition) is 3. The van der Waals surface area contributed by atoms with Crippen LogP contribution in [0.1, 0.15) is 11.1 Å². The number of rotatable bonds is 9. The first-order chi connectivity index (χ1) is 14.4. The van der Waals surface area contributed by atoms with Gasteiger partial charge >= 0.3 is 0 Å². The third-order valence-corrected chi connectivity index (χ3v) is 4.64. The number of benzene rings is 4. The molecule has 0 aliphatic rings. The van der Waals surface area contributed by atoms with Crippen LogP contribution in [0.5, 0.6) is 11.5 Å². The second-order valence-electron chi connectivity index (χ2n) is 6.83. The number of ether oxygens (including phenoxy) is 3. The highest BCUT2D eigenvalue weighted by Gasteiger charge is 2.02. The van der Waals surface area contributed by atoms with E-state index in [9.17, 15) is 0 Å². The molecule has 0 unspecified atom stereocenters. The van der Waals surface area contributed by atoms with Crippen molar-refractivity contribution in [1.29, 1.82) is 0 Å². The molecule has 0 atom stereocenters. The summed E-state index contributed by atoms with van der Waals surface area (Å²) in [6.07, 6.45) is 0. The van der Waals surface area contributed by atoms with Crippen LogP contribution in [0.4, 0.5) is 0 Å². The molecule has 0 aliphatic carbocycles. The molecule has 3 nitrogen and oxygen atoms in total. The zero-order valence-corrected chi connectivity index (χ0v) is 16.3. The zero-order valence-electron chi connectivity index (χ0n) is 16.3. The van der Waals surface area contributed by atoms with Gasteiger partial charge in [-0.2, -0.15) is 0 Å². The lowest BCUT2D eigenvalue weighted by molar-refractivity contribution is 0.0890. The molecule has 0 N–H and O–H groups in total. The van der Waals surface area contributed by atoms with Crippen LogP contribution in [0.15, 0.2) is 97.1 Å². The van der Waals surface area contributed by atoms with E-state index >= 15 is 0 Å². The Balaban J connectivity index is 1.27. The summed E-state index contributed by atoms with van der Waals surface area (Å²) in [5.41, 5.74) is 2.33. The van der Waals surface area contributed by atoms with E-state index in [1.54, 1.807) is 0 Å². The van der Waals surface area contributed by atoms with Gasteiger partial charge in [0.2, 0.25) is 0 Å². The Morgan fingerprint density at radius 2 is 1.03 bits per heavy atom. The summed E-state index contributed by atoms with van der Waals surface area (Å²) >= 11 is 0. The van der Waals surface area contributed by atoms with Gasteiger partial charge in [0.15, 0.2) is 0 Å². The SMILES string of the molecule is c1ccc(COCCOc2ccc3cc(OCc4ccccc4)ccc3c2)cc1. The summed E-state index contributed by atoms with van der Waals surface area (Å²) in [7, 11) is 0. The molecular weight excluding hydrogens is 360 g/mol. The second kappa shape index (κ2) is 9.76. The van der Waals surface area contributed by atoms with Gasteiger partial charge in [-0.15, -0.1) is 0 Å². The Morgan fingerprint density at radius 3 is 1.66 bits per heavy atom. The van der Waals surface area contributed by atoms with E-state index in [0.29, 0.717) is 26.4 Å². The van der Waals surface area contributed by atoms with E-state index in [1.165, 1.54) is 5.56 Å². The Labute approximate surface area is 171 Å². The summed E-state index contributed by atoms with van der Waals surface area (Å²) in [5, 5.41) is 2.25. The summed E-state index contributed by atoms with van der Waals surface area (Å²) in [5.74, 6) is 1.71. The minimum Gasteiger partial charge on any atom is -0.491 e. The zero-order chi connectivity index (χ0) is 19.7. The fourth-order valence-corrected chi connectivity index (χ4v) is 3.11. The molecule has 4 aromatic rings. The van der Waals surface area contributed by atoms with Gasteiger partial charge in [0, 0.05) is 0 Å². The van der Waals surface area contributed by atoms with Crippen molar-refractivity contribution in [2.75, 3.05) is 13.2 Å². The lowest BCUT2D eigenvalue weighted by Gasteiger charge is -2.10. The van der Waals surface area contributed by atoms with Crippen LogP contribution < -0.4 is 9.47 Å². The first-order valence-electron chi connectivity index (χ1n) is 9.82. The van der Waals surface area contributed by atoms with E-state index in [4.69, 9.17) is 14.2 Å². The van der Waals surface area contributed by atoms with Gasteiger partial charge in [0.25, 0.3) is 0 Å². The number of fused-ring (bicyclic) bond motifs is 1. The minimum absolute atomic E-state index is 0.524. The molecule has 0 fully saturated rings. The molecule has 0 saturated carbocycles. The summed E-state index contributed by atoms with van der Waals surface area (Å²) in [4.78, 5) is 0. The van der Waals surface area contributed by atoms with Gasteiger partial charge in [0.1, 0.15) is 24.7 Å². The average Bonchev–Trinajstić information content (AvgIpc) is 2.79. The van der Waals surface area contributed by atoms with Crippen molar-refractivity contribution in [2.45, 2.75) is 13.2 Å². The lowest BCUT2D eigenvalue weighted by Crippen LogP contribution is -2.06. The quantitative estimate of drug-likeness (QED) is 0.331. The fourth-order valence-electron chi connectivity index (χ4n) is 3.11. The molecule has 3 heteroatoms. The van der Waals surface area contributed by atoms with E-state index in [-0.39, 0.29) is 0 Å². The predicted molar refractivity (Wildman–Crippen MR) is 116 cm³/mol. The minimum atomic E-state index is 0.524. The van der Waals surface area contributed by atoms with Gasteiger partial charge in [-0.1, -0.05) is 72.8 Å². The van der Waals surface area contributed by atoms with Crippen molar-refractivity contribution in [2.24, 2.45) is 0 Å². The molecule has 0 radical (unpaired) electrons. The molecule has 0 amide bonds. The summed E-state index contributed by atoms with van der Waals surface area (Å²) < 4.78 is 17.4. The van der Waals surface area contributed by atoms with Crippen LogP contribution >= 0.6 is 0 Å². The van der Waals surface area contributed by atoms with Gasteiger partial charge in [-0.25, -0.2) is 0 Å². The maximum Gasteiger partial charge on any atom is 0.120 e. The van der Waals surface area contributed by atoms with Crippen molar-refractivity contribution >= 4 is 10.8 Å². The van der Waals surface area contributed by atoms with Crippen molar-refractivity contribution in [3.05, 3.63) is 108 Å². The van der Waals surface area contributed by atoms with Crippen LogP contribution in [0.3, 0.4) is 0 Å². The Bertz CT molecular complexity index is 1030. The normalized spacial score (nSPS) is 10.8.